The molecule has 62 heavy (non-hydrogen) atoms. The summed E-state index contributed by atoms with van der Waals surface area (Å²) < 4.78 is 51.4. The highest BCUT2D eigenvalue weighted by Gasteiger charge is 2.58. The van der Waals surface area contributed by atoms with Crippen molar-refractivity contribution in [1.29, 1.82) is 0 Å². The Labute approximate surface area is 371 Å². The van der Waals surface area contributed by atoms with E-state index in [2.05, 4.69) is 57.4 Å². The van der Waals surface area contributed by atoms with Crippen LogP contribution < -0.4 is 5.43 Å². The molecule has 13 heteroatoms. The Morgan fingerprint density at radius 2 is 1.60 bits per heavy atom. The van der Waals surface area contributed by atoms with Crippen LogP contribution in [0.25, 0.3) is 0 Å². The summed E-state index contributed by atoms with van der Waals surface area (Å²) >= 11 is 0. The number of carbonyl (C=O) groups is 1. The number of nitrogens with one attached hydrogen (secondary N) is 1. The molecule has 0 amide bonds. The second kappa shape index (κ2) is 20.9. The lowest BCUT2D eigenvalue weighted by molar-refractivity contribution is -0.313. The summed E-state index contributed by atoms with van der Waals surface area (Å²) in [5.41, 5.74) is 3.69. The monoisotopic (exact) mass is 871 g/mol. The molecule has 0 aromatic carbocycles. The molecule has 350 valence electrons. The van der Waals surface area contributed by atoms with Crippen LogP contribution in [0.5, 0.6) is 0 Å². The van der Waals surface area contributed by atoms with Gasteiger partial charge in [0.15, 0.2) is 12.6 Å². The second-order valence-corrected chi connectivity index (χ2v) is 19.7. The number of methoxy groups -OCH3 is 2. The third kappa shape index (κ3) is 11.0. The van der Waals surface area contributed by atoms with E-state index >= 15 is 0 Å². The molecule has 0 radical (unpaired) electrons. The molecule has 1 saturated carbocycles. The third-order valence-electron chi connectivity index (χ3n) is 14.2. The van der Waals surface area contributed by atoms with Gasteiger partial charge in [-0.05, 0) is 88.9 Å². The zero-order valence-corrected chi connectivity index (χ0v) is 39.5. The van der Waals surface area contributed by atoms with Crippen molar-refractivity contribution < 1.29 is 52.9 Å². The number of esters is 1. The lowest BCUT2D eigenvalue weighted by Gasteiger charge is -2.45. The predicted molar refractivity (Wildman–Crippen MR) is 236 cm³/mol. The van der Waals surface area contributed by atoms with E-state index in [9.17, 15) is 15.0 Å². The van der Waals surface area contributed by atoms with Crippen LogP contribution in [-0.4, -0.2) is 135 Å². The molecule has 2 saturated heterocycles. The fourth-order valence-corrected chi connectivity index (χ4v) is 10.9. The summed E-state index contributed by atoms with van der Waals surface area (Å²) in [5, 5.41) is 25.8. The van der Waals surface area contributed by atoms with Crippen molar-refractivity contribution in [2.45, 2.75) is 179 Å². The Hall–Kier alpha value is -2.27. The first-order valence-electron chi connectivity index (χ1n) is 23.2. The van der Waals surface area contributed by atoms with Crippen LogP contribution >= 0.6 is 0 Å². The van der Waals surface area contributed by atoms with Crippen LogP contribution in [0.3, 0.4) is 0 Å². The SMILES string of the molecule is CO[C@H]1C[C@H](O[C@H]2[C@H](C)O[C@@H](O[C@@H]3/C(C)=C/C[C@H](C)C[C@@]4(C=C[C@H](C)CO4)C[C@H](C)OC(=O)[C@H]4C=C(C)[C@@H](O)[C@H]5CC/C(=C\C=C\[C@@H]3C)[C@@]45O)C[C@@H]2OC)O[C@@H](C)[C@H]1NN(C)C. The van der Waals surface area contributed by atoms with Crippen molar-refractivity contribution in [3.8, 4) is 0 Å². The number of cyclic esters (lactones) is 1. The molecule has 18 atom stereocenters. The lowest BCUT2D eigenvalue weighted by atomic mass is 9.68. The van der Waals surface area contributed by atoms with Gasteiger partial charge < -0.3 is 48.1 Å². The summed E-state index contributed by atoms with van der Waals surface area (Å²) in [6, 6.07) is -0.0247. The Balaban J connectivity index is 1.26. The number of hydrogen-bond acceptors (Lipinski definition) is 13. The Morgan fingerprint density at radius 1 is 0.903 bits per heavy atom. The summed E-state index contributed by atoms with van der Waals surface area (Å²) in [7, 11) is 7.33. The topological polar surface area (TPSA) is 147 Å². The quantitative estimate of drug-likeness (QED) is 0.142. The van der Waals surface area contributed by atoms with E-state index < -0.39 is 59.9 Å². The maximum Gasteiger partial charge on any atom is 0.316 e. The van der Waals surface area contributed by atoms with Gasteiger partial charge in [0.1, 0.15) is 23.7 Å². The largest absolute Gasteiger partial charge is 0.462 e. The minimum atomic E-state index is -1.58. The molecule has 0 aromatic rings. The normalized spacial score (nSPS) is 47.0. The number of hydrogen-bond donors (Lipinski definition) is 3. The average Bonchev–Trinajstić information content (AvgIpc) is 3.56. The van der Waals surface area contributed by atoms with Gasteiger partial charge in [-0.25, -0.2) is 5.43 Å². The molecular formula is C49H78N2O11. The van der Waals surface area contributed by atoms with E-state index in [0.717, 1.165) is 18.4 Å². The Morgan fingerprint density at radius 3 is 2.27 bits per heavy atom. The number of nitrogens with zero attached hydrogens (tertiary/aromatic N) is 1. The molecule has 3 N–H and O–H groups in total. The van der Waals surface area contributed by atoms with Gasteiger partial charge >= 0.3 is 5.97 Å². The van der Waals surface area contributed by atoms with Crippen LogP contribution in [0.4, 0.5) is 0 Å². The number of carbonyl (C=O) groups excluding carboxylic acids is 1. The van der Waals surface area contributed by atoms with Gasteiger partial charge in [-0.15, -0.1) is 0 Å². The number of aliphatic hydroxyl groups excluding tert-OH is 1. The average molecular weight is 871 g/mol. The van der Waals surface area contributed by atoms with E-state index in [1.165, 1.54) is 0 Å². The minimum absolute atomic E-state index is 0.0247. The third-order valence-corrected chi connectivity index (χ3v) is 14.2. The number of aliphatic hydroxyl groups is 2. The first kappa shape index (κ1) is 49.2. The zero-order chi connectivity index (χ0) is 45.1. The van der Waals surface area contributed by atoms with Crippen molar-refractivity contribution in [3.63, 3.8) is 0 Å². The molecule has 3 fully saturated rings. The molecule has 0 unspecified atom stereocenters. The lowest BCUT2D eigenvalue weighted by Crippen LogP contribution is -2.60. The van der Waals surface area contributed by atoms with Crippen LogP contribution in [0, 0.1) is 29.6 Å². The zero-order valence-electron chi connectivity index (χ0n) is 39.5. The van der Waals surface area contributed by atoms with Gasteiger partial charge in [0, 0.05) is 59.4 Å². The van der Waals surface area contributed by atoms with Crippen molar-refractivity contribution >= 4 is 5.97 Å². The van der Waals surface area contributed by atoms with Gasteiger partial charge in [0.2, 0.25) is 0 Å². The van der Waals surface area contributed by atoms with E-state index in [1.807, 2.05) is 59.0 Å². The van der Waals surface area contributed by atoms with Crippen molar-refractivity contribution in [2.75, 3.05) is 34.9 Å². The standard InChI is InChI=1S/C49H78N2O11/c1-28-16-17-31(4)45(61-42-24-40(56-12)46(35(8)60-42)62-41-23-39(55-11)43(34(7)59-41)50-51(9)10)30(3)14-13-15-36-18-19-37-44(52)32(5)22-38(49(36,37)54)47(53)58-33(6)26-48(25-28)21-20-29(2)27-57-48/h13-15,17,20-22,28-30,33-35,37-46,50,52,54H,16,18-19,23-27H2,1-12H3/b14-13+,31-17+,36-15+/t28-,29-,30-,33-,34-,35-,37+,38+,39-,40-,41-,42-,43+,44+,45-,46-,48-,49-/m0/s1. The molecule has 4 aliphatic heterocycles. The molecule has 0 aromatic heterocycles. The van der Waals surface area contributed by atoms with Crippen LogP contribution in [0.1, 0.15) is 100 Å². The van der Waals surface area contributed by atoms with E-state index in [1.54, 1.807) is 20.3 Å². The first-order chi connectivity index (χ1) is 29.4. The highest BCUT2D eigenvalue weighted by molar-refractivity contribution is 5.78. The summed E-state index contributed by atoms with van der Waals surface area (Å²) in [6.07, 6.45) is 14.3. The Bertz CT molecular complexity index is 1680. The van der Waals surface area contributed by atoms with Crippen molar-refractivity contribution in [1.82, 2.24) is 10.4 Å². The van der Waals surface area contributed by atoms with Gasteiger partial charge in [0.05, 0.1) is 54.9 Å². The summed E-state index contributed by atoms with van der Waals surface area (Å²) in [6.45, 7) is 17.0. The fourth-order valence-electron chi connectivity index (χ4n) is 10.9. The van der Waals surface area contributed by atoms with Gasteiger partial charge in [0.25, 0.3) is 0 Å². The maximum absolute atomic E-state index is 14.1. The van der Waals surface area contributed by atoms with Gasteiger partial charge in [-0.3, -0.25) is 9.80 Å². The van der Waals surface area contributed by atoms with Crippen LogP contribution in [0.15, 0.2) is 59.3 Å². The molecule has 6 rings (SSSR count). The molecule has 0 bridgehead atoms. The Kier molecular flexibility index (Phi) is 16.6. The van der Waals surface area contributed by atoms with E-state index in [4.69, 9.17) is 37.9 Å². The fraction of sp³-hybridized carbons (Fsp3) is 0.776. The number of hydrazine groups is 1. The highest BCUT2D eigenvalue weighted by atomic mass is 16.7. The maximum atomic E-state index is 14.1. The molecule has 1 spiro atoms. The smallest absolute Gasteiger partial charge is 0.316 e. The summed E-state index contributed by atoms with van der Waals surface area (Å²) in [4.78, 5) is 14.1. The summed E-state index contributed by atoms with van der Waals surface area (Å²) in [5.74, 6) is -1.56. The number of ether oxygens (including phenoxy) is 8. The molecular weight excluding hydrogens is 793 g/mol. The van der Waals surface area contributed by atoms with E-state index in [-0.39, 0.29) is 54.3 Å². The molecule has 4 heterocycles. The van der Waals surface area contributed by atoms with E-state index in [0.29, 0.717) is 49.9 Å². The molecule has 2 aliphatic carbocycles. The molecule has 6 aliphatic rings. The van der Waals surface area contributed by atoms with Crippen molar-refractivity contribution in [2.24, 2.45) is 29.6 Å². The van der Waals surface area contributed by atoms with Crippen molar-refractivity contribution in [3.05, 3.63) is 59.3 Å². The van der Waals surface area contributed by atoms with Crippen LogP contribution in [-0.2, 0) is 42.7 Å². The first-order valence-corrected chi connectivity index (χ1v) is 23.2. The number of allylic oxidation sites excluding steroid dienone is 3. The second-order valence-electron chi connectivity index (χ2n) is 19.7. The van der Waals surface area contributed by atoms with Crippen LogP contribution in [0.2, 0.25) is 0 Å². The molecule has 13 nitrogen and oxygen atoms in total. The van der Waals surface area contributed by atoms with Gasteiger partial charge in [-0.1, -0.05) is 63.3 Å². The van der Waals surface area contributed by atoms with Gasteiger partial charge in [-0.2, -0.15) is 0 Å². The predicted octanol–water partition coefficient (Wildman–Crippen LogP) is 6.35. The highest BCUT2D eigenvalue weighted by Crippen LogP contribution is 2.52. The number of rotatable bonds is 8. The minimum Gasteiger partial charge on any atom is -0.462 e.